The second-order valence-corrected chi connectivity index (χ2v) is 5.04. The van der Waals surface area contributed by atoms with E-state index in [9.17, 15) is 0 Å². The fraction of sp³-hybridized carbons (Fsp3) is 0.909. The minimum Gasteiger partial charge on any atom is -0.370 e. The van der Waals surface area contributed by atoms with Gasteiger partial charge in [-0.15, -0.1) is 24.0 Å². The minimum atomic E-state index is 0. The molecule has 0 amide bonds. The molecule has 2 fully saturated rings. The first-order valence-electron chi connectivity index (χ1n) is 6.10. The Kier molecular flexibility index (Phi) is 5.94. The van der Waals surface area contributed by atoms with Crippen molar-refractivity contribution >= 4 is 29.9 Å². The van der Waals surface area contributed by atoms with Crippen molar-refractivity contribution in [1.82, 2.24) is 15.1 Å². The molecule has 1 unspecified atom stereocenters. The first kappa shape index (κ1) is 15.0. The van der Waals surface area contributed by atoms with Crippen LogP contribution in [-0.2, 0) is 0 Å². The third-order valence-corrected chi connectivity index (χ3v) is 3.38. The summed E-state index contributed by atoms with van der Waals surface area (Å²) in [6.07, 6.45) is 2.48. The van der Waals surface area contributed by atoms with E-state index in [1.807, 2.05) is 0 Å². The second-order valence-electron chi connectivity index (χ2n) is 5.04. The standard InChI is InChI=1S/C11H23N5.HI/c1-15-5-6-16(2)10(8-15)7-13-11(12)14-9-3-4-9;/h9-10H,3-8H2,1-2H3,(H3,12,13,14);1H. The molecule has 3 N–H and O–H groups in total. The number of nitrogens with two attached hydrogens (primary N) is 1. The lowest BCUT2D eigenvalue weighted by Gasteiger charge is -2.36. The number of hydrogen-bond donors (Lipinski definition) is 2. The molecule has 1 saturated heterocycles. The highest BCUT2D eigenvalue weighted by atomic mass is 127. The van der Waals surface area contributed by atoms with Crippen LogP contribution >= 0.6 is 24.0 Å². The topological polar surface area (TPSA) is 56.9 Å². The summed E-state index contributed by atoms with van der Waals surface area (Å²) in [5.41, 5.74) is 5.82. The Morgan fingerprint density at radius 1 is 1.35 bits per heavy atom. The van der Waals surface area contributed by atoms with E-state index in [0.29, 0.717) is 18.0 Å². The van der Waals surface area contributed by atoms with Gasteiger partial charge in [0.2, 0.25) is 0 Å². The first-order valence-corrected chi connectivity index (χ1v) is 6.10. The van der Waals surface area contributed by atoms with Gasteiger partial charge < -0.3 is 16.0 Å². The van der Waals surface area contributed by atoms with Crippen molar-refractivity contribution < 1.29 is 0 Å². The van der Waals surface area contributed by atoms with Crippen LogP contribution in [0.25, 0.3) is 0 Å². The molecule has 1 heterocycles. The number of halogens is 1. The Labute approximate surface area is 121 Å². The fourth-order valence-corrected chi connectivity index (χ4v) is 1.98. The average molecular weight is 353 g/mol. The second kappa shape index (κ2) is 6.75. The predicted octanol–water partition coefficient (Wildman–Crippen LogP) is -0.0831. The number of hydrogen-bond acceptors (Lipinski definition) is 3. The maximum atomic E-state index is 5.82. The third-order valence-electron chi connectivity index (χ3n) is 3.38. The molecule has 100 valence electrons. The maximum Gasteiger partial charge on any atom is 0.188 e. The largest absolute Gasteiger partial charge is 0.370 e. The first-order chi connectivity index (χ1) is 7.65. The van der Waals surface area contributed by atoms with E-state index in [4.69, 9.17) is 5.73 Å². The van der Waals surface area contributed by atoms with Gasteiger partial charge in [0.15, 0.2) is 5.96 Å². The molecule has 5 nitrogen and oxygen atoms in total. The molecule has 17 heavy (non-hydrogen) atoms. The van der Waals surface area contributed by atoms with Crippen molar-refractivity contribution in [1.29, 1.82) is 0 Å². The summed E-state index contributed by atoms with van der Waals surface area (Å²) in [5.74, 6) is 0.615. The lowest BCUT2D eigenvalue weighted by molar-refractivity contribution is 0.119. The number of likely N-dealkylation sites (N-methyl/N-ethyl adjacent to an activating group) is 2. The predicted molar refractivity (Wildman–Crippen MR) is 82.0 cm³/mol. The number of piperazine rings is 1. The average Bonchev–Trinajstić information content (AvgIpc) is 3.03. The third kappa shape index (κ3) is 4.97. The van der Waals surface area contributed by atoms with Crippen LogP contribution in [0.2, 0.25) is 0 Å². The van der Waals surface area contributed by atoms with Crippen LogP contribution < -0.4 is 11.1 Å². The summed E-state index contributed by atoms with van der Waals surface area (Å²) in [6, 6.07) is 1.09. The summed E-state index contributed by atoms with van der Waals surface area (Å²) in [5, 5.41) is 3.22. The fourth-order valence-electron chi connectivity index (χ4n) is 1.98. The van der Waals surface area contributed by atoms with Gasteiger partial charge in [-0.05, 0) is 26.9 Å². The molecule has 0 aromatic rings. The van der Waals surface area contributed by atoms with Gasteiger partial charge in [-0.2, -0.15) is 0 Å². The van der Waals surface area contributed by atoms with Crippen LogP contribution in [0.4, 0.5) is 0 Å². The van der Waals surface area contributed by atoms with Gasteiger partial charge in [-0.25, -0.2) is 0 Å². The van der Waals surface area contributed by atoms with Crippen LogP contribution in [-0.4, -0.2) is 68.1 Å². The van der Waals surface area contributed by atoms with Gasteiger partial charge in [-0.3, -0.25) is 9.89 Å². The van der Waals surface area contributed by atoms with Crippen molar-refractivity contribution in [2.45, 2.75) is 24.9 Å². The highest BCUT2D eigenvalue weighted by Gasteiger charge is 2.23. The van der Waals surface area contributed by atoms with Crippen molar-refractivity contribution in [3.63, 3.8) is 0 Å². The molecular formula is C11H24IN5. The van der Waals surface area contributed by atoms with Crippen LogP contribution in [0.3, 0.4) is 0 Å². The summed E-state index contributed by atoms with van der Waals surface area (Å²) in [4.78, 5) is 9.15. The molecule has 1 atom stereocenters. The highest BCUT2D eigenvalue weighted by Crippen LogP contribution is 2.18. The van der Waals surface area contributed by atoms with Crippen LogP contribution in [0, 0.1) is 0 Å². The van der Waals surface area contributed by atoms with Gasteiger partial charge in [-0.1, -0.05) is 0 Å². The molecule has 1 saturated carbocycles. The zero-order valence-electron chi connectivity index (χ0n) is 10.7. The van der Waals surface area contributed by atoms with Crippen LogP contribution in [0.1, 0.15) is 12.8 Å². The molecule has 0 spiro atoms. The van der Waals surface area contributed by atoms with E-state index < -0.39 is 0 Å². The molecule has 2 rings (SSSR count). The molecule has 0 aromatic carbocycles. The molecule has 1 aliphatic heterocycles. The smallest absolute Gasteiger partial charge is 0.188 e. The SMILES string of the molecule is CN1CCN(C)C(CN=C(N)NC2CC2)C1.I. The summed E-state index contributed by atoms with van der Waals surface area (Å²) < 4.78 is 0. The van der Waals surface area contributed by atoms with E-state index >= 15 is 0 Å². The van der Waals surface area contributed by atoms with Crippen molar-refractivity contribution in [2.24, 2.45) is 10.7 Å². The normalized spacial score (nSPS) is 27.6. The Morgan fingerprint density at radius 2 is 2.06 bits per heavy atom. The Bertz CT molecular complexity index is 267. The van der Waals surface area contributed by atoms with Gasteiger partial charge in [0.25, 0.3) is 0 Å². The van der Waals surface area contributed by atoms with Crippen molar-refractivity contribution in [2.75, 3.05) is 40.3 Å². The molecule has 0 aromatic heterocycles. The van der Waals surface area contributed by atoms with E-state index in [-0.39, 0.29) is 24.0 Å². The Balaban J connectivity index is 0.00000144. The number of nitrogens with zero attached hydrogens (tertiary/aromatic N) is 3. The number of aliphatic imine (C=N–C) groups is 1. The lowest BCUT2D eigenvalue weighted by atomic mass is 10.2. The molecule has 0 bridgehead atoms. The zero-order valence-corrected chi connectivity index (χ0v) is 13.1. The van der Waals surface area contributed by atoms with Gasteiger partial charge in [0.1, 0.15) is 0 Å². The molecular weight excluding hydrogens is 329 g/mol. The summed E-state index contributed by atoms with van der Waals surface area (Å²) in [7, 11) is 4.33. The zero-order chi connectivity index (χ0) is 11.5. The van der Waals surface area contributed by atoms with E-state index in [0.717, 1.165) is 26.2 Å². The lowest BCUT2D eigenvalue weighted by Crippen LogP contribution is -2.51. The minimum absolute atomic E-state index is 0. The van der Waals surface area contributed by atoms with E-state index in [2.05, 4.69) is 34.2 Å². The van der Waals surface area contributed by atoms with Crippen LogP contribution in [0.15, 0.2) is 4.99 Å². The number of rotatable bonds is 3. The van der Waals surface area contributed by atoms with Gasteiger partial charge in [0, 0.05) is 31.7 Å². The molecule has 2 aliphatic rings. The molecule has 6 heteroatoms. The number of guanidine groups is 1. The summed E-state index contributed by atoms with van der Waals surface area (Å²) >= 11 is 0. The van der Waals surface area contributed by atoms with E-state index in [1.54, 1.807) is 0 Å². The molecule has 1 aliphatic carbocycles. The van der Waals surface area contributed by atoms with Gasteiger partial charge >= 0.3 is 0 Å². The Morgan fingerprint density at radius 3 is 2.71 bits per heavy atom. The highest BCUT2D eigenvalue weighted by molar-refractivity contribution is 14.0. The van der Waals surface area contributed by atoms with Gasteiger partial charge in [0.05, 0.1) is 6.54 Å². The van der Waals surface area contributed by atoms with Crippen molar-refractivity contribution in [3.8, 4) is 0 Å². The van der Waals surface area contributed by atoms with E-state index in [1.165, 1.54) is 12.8 Å². The monoisotopic (exact) mass is 353 g/mol. The quantitative estimate of drug-likeness (QED) is 0.423. The van der Waals surface area contributed by atoms with Crippen LogP contribution in [0.5, 0.6) is 0 Å². The van der Waals surface area contributed by atoms with Crippen molar-refractivity contribution in [3.05, 3.63) is 0 Å². The summed E-state index contributed by atoms with van der Waals surface area (Å²) in [6.45, 7) is 4.14. The number of nitrogens with one attached hydrogen (secondary N) is 1. The molecule has 0 radical (unpaired) electrons. The maximum absolute atomic E-state index is 5.82. The Hall–Kier alpha value is -0.0800.